The van der Waals surface area contributed by atoms with E-state index >= 15 is 0 Å². The number of aryl methyl sites for hydroxylation is 1. The van der Waals surface area contributed by atoms with Crippen LogP contribution >= 0.6 is 11.6 Å². The third-order valence-electron chi connectivity index (χ3n) is 6.06. The molecule has 0 N–H and O–H groups in total. The molecule has 9 heteroatoms. The standard InChI is InChI=1S/C25H28ClN5O3/c1-4-34-25(33)19-5-10-23(27-16-19)29-11-13-30(14-12-29)24(32)15-22-17(2)28-31(18(22)3)21-8-6-20(26)7-9-21/h5-10,16H,4,11-15H2,1-3H3. The van der Waals surface area contributed by atoms with E-state index in [1.807, 2.05) is 53.8 Å². The molecule has 1 saturated heterocycles. The maximum atomic E-state index is 13.1. The maximum absolute atomic E-state index is 13.1. The highest BCUT2D eigenvalue weighted by atomic mass is 35.5. The van der Waals surface area contributed by atoms with E-state index in [4.69, 9.17) is 16.3 Å². The summed E-state index contributed by atoms with van der Waals surface area (Å²) in [6.07, 6.45) is 1.85. The Hall–Kier alpha value is -3.39. The third kappa shape index (κ3) is 5.07. The van der Waals surface area contributed by atoms with Gasteiger partial charge in [0.25, 0.3) is 0 Å². The van der Waals surface area contributed by atoms with Crippen molar-refractivity contribution in [1.82, 2.24) is 19.7 Å². The highest BCUT2D eigenvalue weighted by molar-refractivity contribution is 6.30. The summed E-state index contributed by atoms with van der Waals surface area (Å²) < 4.78 is 6.86. The molecule has 1 amide bonds. The molecule has 1 aliphatic rings. The first-order valence-corrected chi connectivity index (χ1v) is 11.7. The molecule has 4 rings (SSSR count). The van der Waals surface area contributed by atoms with E-state index < -0.39 is 0 Å². The molecule has 178 valence electrons. The van der Waals surface area contributed by atoms with Crippen LogP contribution in [0.3, 0.4) is 0 Å². The number of benzene rings is 1. The van der Waals surface area contributed by atoms with Crippen LogP contribution in [0, 0.1) is 13.8 Å². The summed E-state index contributed by atoms with van der Waals surface area (Å²) in [7, 11) is 0. The zero-order valence-corrected chi connectivity index (χ0v) is 20.4. The van der Waals surface area contributed by atoms with Crippen LogP contribution in [-0.4, -0.2) is 64.3 Å². The fourth-order valence-corrected chi connectivity index (χ4v) is 4.25. The van der Waals surface area contributed by atoms with Crippen molar-refractivity contribution in [2.75, 3.05) is 37.7 Å². The molecule has 0 radical (unpaired) electrons. The van der Waals surface area contributed by atoms with Gasteiger partial charge < -0.3 is 14.5 Å². The molecule has 0 atom stereocenters. The molecule has 0 spiro atoms. The Morgan fingerprint density at radius 1 is 1.03 bits per heavy atom. The lowest BCUT2D eigenvalue weighted by Gasteiger charge is -2.35. The first-order chi connectivity index (χ1) is 16.4. The number of carbonyl (C=O) groups is 2. The Labute approximate surface area is 204 Å². The number of anilines is 1. The summed E-state index contributed by atoms with van der Waals surface area (Å²) in [4.78, 5) is 33.3. The van der Waals surface area contributed by atoms with Crippen LogP contribution in [0.15, 0.2) is 42.6 Å². The van der Waals surface area contributed by atoms with Gasteiger partial charge in [0.1, 0.15) is 5.82 Å². The minimum absolute atomic E-state index is 0.0899. The number of piperazine rings is 1. The predicted molar refractivity (Wildman–Crippen MR) is 131 cm³/mol. The van der Waals surface area contributed by atoms with E-state index in [0.29, 0.717) is 49.8 Å². The molecule has 3 heterocycles. The summed E-state index contributed by atoms with van der Waals surface area (Å²) in [6.45, 7) is 8.62. The van der Waals surface area contributed by atoms with E-state index in [2.05, 4.69) is 15.0 Å². The van der Waals surface area contributed by atoms with Crippen molar-refractivity contribution in [3.05, 3.63) is 70.1 Å². The molecule has 1 fully saturated rings. The molecular weight excluding hydrogens is 454 g/mol. The van der Waals surface area contributed by atoms with Crippen molar-refractivity contribution in [3.63, 3.8) is 0 Å². The molecule has 0 bridgehead atoms. The molecule has 1 aromatic carbocycles. The van der Waals surface area contributed by atoms with Gasteiger partial charge in [0.2, 0.25) is 5.91 Å². The molecule has 8 nitrogen and oxygen atoms in total. The van der Waals surface area contributed by atoms with Gasteiger partial charge in [-0.2, -0.15) is 5.10 Å². The maximum Gasteiger partial charge on any atom is 0.339 e. The number of pyridine rings is 1. The number of esters is 1. The highest BCUT2D eigenvalue weighted by Gasteiger charge is 2.24. The molecular formula is C25H28ClN5O3. The van der Waals surface area contributed by atoms with Crippen LogP contribution in [0.4, 0.5) is 5.82 Å². The molecule has 2 aromatic heterocycles. The van der Waals surface area contributed by atoms with E-state index in [9.17, 15) is 9.59 Å². The summed E-state index contributed by atoms with van der Waals surface area (Å²) in [6, 6.07) is 11.0. The second-order valence-corrected chi connectivity index (χ2v) is 8.64. The number of amides is 1. The number of rotatable bonds is 6. The third-order valence-corrected chi connectivity index (χ3v) is 6.31. The van der Waals surface area contributed by atoms with Gasteiger partial charge >= 0.3 is 5.97 Å². The van der Waals surface area contributed by atoms with Crippen molar-refractivity contribution in [2.45, 2.75) is 27.2 Å². The van der Waals surface area contributed by atoms with Gasteiger partial charge in [-0.25, -0.2) is 14.5 Å². The quantitative estimate of drug-likeness (QED) is 0.500. The number of aromatic nitrogens is 3. The molecule has 34 heavy (non-hydrogen) atoms. The van der Waals surface area contributed by atoms with Gasteiger partial charge in [-0.15, -0.1) is 0 Å². The Kier molecular flexibility index (Phi) is 7.17. The Balaban J connectivity index is 1.37. The van der Waals surface area contributed by atoms with Gasteiger partial charge in [-0.05, 0) is 57.2 Å². The average Bonchev–Trinajstić information content (AvgIpc) is 3.13. The van der Waals surface area contributed by atoms with Gasteiger partial charge in [-0.1, -0.05) is 11.6 Å². The van der Waals surface area contributed by atoms with E-state index in [1.165, 1.54) is 6.20 Å². The molecule has 0 saturated carbocycles. The Morgan fingerprint density at radius 3 is 2.35 bits per heavy atom. The zero-order valence-electron chi connectivity index (χ0n) is 19.6. The lowest BCUT2D eigenvalue weighted by molar-refractivity contribution is -0.130. The van der Waals surface area contributed by atoms with Crippen LogP contribution in [-0.2, 0) is 16.0 Å². The average molecular weight is 482 g/mol. The van der Waals surface area contributed by atoms with E-state index in [1.54, 1.807) is 13.0 Å². The van der Waals surface area contributed by atoms with Crippen LogP contribution in [0.2, 0.25) is 5.02 Å². The lowest BCUT2D eigenvalue weighted by Crippen LogP contribution is -2.49. The van der Waals surface area contributed by atoms with Crippen molar-refractivity contribution in [2.24, 2.45) is 0 Å². The normalized spacial score (nSPS) is 13.8. The fraction of sp³-hybridized carbons (Fsp3) is 0.360. The van der Waals surface area contributed by atoms with Crippen molar-refractivity contribution in [3.8, 4) is 5.69 Å². The largest absolute Gasteiger partial charge is 0.462 e. The summed E-state index contributed by atoms with van der Waals surface area (Å²) in [5.74, 6) is 0.505. The zero-order chi connectivity index (χ0) is 24.2. The van der Waals surface area contributed by atoms with Gasteiger partial charge in [0, 0.05) is 48.7 Å². The van der Waals surface area contributed by atoms with Crippen LogP contribution in [0.5, 0.6) is 0 Å². The second-order valence-electron chi connectivity index (χ2n) is 8.21. The number of hydrogen-bond acceptors (Lipinski definition) is 6. The van der Waals surface area contributed by atoms with Crippen molar-refractivity contribution in [1.29, 1.82) is 0 Å². The number of nitrogens with zero attached hydrogens (tertiary/aromatic N) is 5. The van der Waals surface area contributed by atoms with Gasteiger partial charge in [0.15, 0.2) is 0 Å². The first-order valence-electron chi connectivity index (χ1n) is 11.3. The highest BCUT2D eigenvalue weighted by Crippen LogP contribution is 2.21. The van der Waals surface area contributed by atoms with Crippen LogP contribution in [0.25, 0.3) is 5.69 Å². The van der Waals surface area contributed by atoms with Crippen LogP contribution < -0.4 is 4.90 Å². The van der Waals surface area contributed by atoms with Gasteiger partial charge in [0.05, 0.1) is 30.0 Å². The lowest BCUT2D eigenvalue weighted by atomic mass is 10.1. The number of ether oxygens (including phenoxy) is 1. The number of halogens is 1. The minimum Gasteiger partial charge on any atom is -0.462 e. The molecule has 1 aliphatic heterocycles. The number of hydrogen-bond donors (Lipinski definition) is 0. The summed E-state index contributed by atoms with van der Waals surface area (Å²) in [5, 5.41) is 5.32. The predicted octanol–water partition coefficient (Wildman–Crippen LogP) is 3.61. The Bertz CT molecular complexity index is 1170. The first kappa shape index (κ1) is 23.8. The van der Waals surface area contributed by atoms with Crippen molar-refractivity contribution < 1.29 is 14.3 Å². The topological polar surface area (TPSA) is 80.6 Å². The van der Waals surface area contributed by atoms with Crippen molar-refractivity contribution >= 4 is 29.3 Å². The molecule has 3 aromatic rings. The fourth-order valence-electron chi connectivity index (χ4n) is 4.12. The van der Waals surface area contributed by atoms with Gasteiger partial charge in [-0.3, -0.25) is 4.79 Å². The summed E-state index contributed by atoms with van der Waals surface area (Å²) >= 11 is 6.00. The molecule has 0 aliphatic carbocycles. The smallest absolute Gasteiger partial charge is 0.339 e. The Morgan fingerprint density at radius 2 is 1.74 bits per heavy atom. The second kappa shape index (κ2) is 10.3. The monoisotopic (exact) mass is 481 g/mol. The molecule has 0 unspecified atom stereocenters. The SMILES string of the molecule is CCOC(=O)c1ccc(N2CCN(C(=O)Cc3c(C)nn(-c4ccc(Cl)cc4)c3C)CC2)nc1. The summed E-state index contributed by atoms with van der Waals surface area (Å²) in [5.41, 5.74) is 4.12. The minimum atomic E-state index is -0.373. The van der Waals surface area contributed by atoms with E-state index in [0.717, 1.165) is 28.5 Å². The van der Waals surface area contributed by atoms with E-state index in [-0.39, 0.29) is 11.9 Å². The van der Waals surface area contributed by atoms with Crippen LogP contribution in [0.1, 0.15) is 34.2 Å². The number of carbonyl (C=O) groups excluding carboxylic acids is 2.